The van der Waals surface area contributed by atoms with Gasteiger partial charge in [0, 0.05) is 16.7 Å². The van der Waals surface area contributed by atoms with Crippen molar-refractivity contribution in [2.24, 2.45) is 0 Å². The first-order chi connectivity index (χ1) is 11.6. The maximum atomic E-state index is 13.4. The number of carbonyl (C=O) groups is 1. The van der Waals surface area contributed by atoms with Crippen LogP contribution >= 0.6 is 0 Å². The second-order valence-corrected chi connectivity index (χ2v) is 5.63. The summed E-state index contributed by atoms with van der Waals surface area (Å²) in [5.41, 5.74) is 1.11. The molecule has 0 N–H and O–H groups in total. The van der Waals surface area contributed by atoms with Crippen molar-refractivity contribution in [3.8, 4) is 0 Å². The summed E-state index contributed by atoms with van der Waals surface area (Å²) in [5, 5.41) is 0. The molecule has 0 bridgehead atoms. The molecule has 0 spiro atoms. The molecular weight excluding hydrogens is 310 g/mol. The third kappa shape index (κ3) is 2.03. The summed E-state index contributed by atoms with van der Waals surface area (Å²) in [6.07, 6.45) is 0. The fourth-order valence-corrected chi connectivity index (χ4v) is 3.18. The lowest BCUT2D eigenvalue weighted by atomic mass is 9.80. The van der Waals surface area contributed by atoms with Crippen LogP contribution in [0.15, 0.2) is 72.8 Å². The molecule has 2 nitrogen and oxygen atoms in total. The molecule has 0 fully saturated rings. The summed E-state index contributed by atoms with van der Waals surface area (Å²) >= 11 is 0. The van der Waals surface area contributed by atoms with Crippen molar-refractivity contribution in [1.82, 2.24) is 0 Å². The molecule has 0 amide bonds. The van der Waals surface area contributed by atoms with E-state index in [4.69, 9.17) is 4.74 Å². The molecule has 0 saturated carbocycles. The summed E-state index contributed by atoms with van der Waals surface area (Å²) in [6, 6.07) is 18.6. The summed E-state index contributed by atoms with van der Waals surface area (Å²) in [6.45, 7) is 0. The SMILES string of the molecule is O=C1OC(c2ccc(F)cc2)(c2ccc(F)cc2)c2ccccc21. The van der Waals surface area contributed by atoms with E-state index >= 15 is 0 Å². The largest absolute Gasteiger partial charge is 0.441 e. The predicted molar refractivity (Wildman–Crippen MR) is 84.5 cm³/mol. The number of esters is 1. The maximum Gasteiger partial charge on any atom is 0.340 e. The second-order valence-electron chi connectivity index (χ2n) is 5.63. The van der Waals surface area contributed by atoms with Gasteiger partial charge in [-0.25, -0.2) is 13.6 Å². The monoisotopic (exact) mass is 322 g/mol. The first kappa shape index (κ1) is 14.6. The minimum atomic E-state index is -1.21. The van der Waals surface area contributed by atoms with E-state index < -0.39 is 11.6 Å². The van der Waals surface area contributed by atoms with Gasteiger partial charge in [-0.15, -0.1) is 0 Å². The maximum absolute atomic E-state index is 13.4. The number of carbonyl (C=O) groups excluding carboxylic acids is 1. The Kier molecular flexibility index (Phi) is 3.20. The van der Waals surface area contributed by atoms with Gasteiger partial charge in [-0.2, -0.15) is 0 Å². The molecule has 1 heterocycles. The molecule has 0 saturated heterocycles. The van der Waals surface area contributed by atoms with Crippen LogP contribution in [0.2, 0.25) is 0 Å². The van der Waals surface area contributed by atoms with E-state index in [1.54, 1.807) is 42.5 Å². The van der Waals surface area contributed by atoms with Crippen LogP contribution in [0.1, 0.15) is 27.0 Å². The Morgan fingerprint density at radius 1 is 0.708 bits per heavy atom. The molecule has 0 aliphatic carbocycles. The number of hydrogen-bond acceptors (Lipinski definition) is 2. The third-order valence-electron chi connectivity index (χ3n) is 4.27. The number of cyclic esters (lactones) is 1. The van der Waals surface area contributed by atoms with Gasteiger partial charge in [0.25, 0.3) is 0 Å². The highest BCUT2D eigenvalue weighted by atomic mass is 19.1. The number of benzene rings is 3. The molecule has 0 atom stereocenters. The zero-order chi connectivity index (χ0) is 16.7. The van der Waals surface area contributed by atoms with Crippen molar-refractivity contribution in [2.75, 3.05) is 0 Å². The summed E-state index contributed by atoms with van der Waals surface area (Å²) in [7, 11) is 0. The van der Waals surface area contributed by atoms with Crippen LogP contribution < -0.4 is 0 Å². The first-order valence-corrected chi connectivity index (χ1v) is 7.46. The van der Waals surface area contributed by atoms with Crippen molar-refractivity contribution in [3.63, 3.8) is 0 Å². The van der Waals surface area contributed by atoms with Crippen molar-refractivity contribution >= 4 is 5.97 Å². The number of ether oxygens (including phenoxy) is 1. The molecular formula is C20H12F2O2. The van der Waals surface area contributed by atoms with Gasteiger partial charge in [-0.3, -0.25) is 0 Å². The molecule has 3 aromatic carbocycles. The minimum absolute atomic E-state index is 0.384. The number of fused-ring (bicyclic) bond motifs is 1. The molecule has 24 heavy (non-hydrogen) atoms. The second kappa shape index (κ2) is 5.27. The van der Waals surface area contributed by atoms with Crippen LogP contribution in [0.4, 0.5) is 8.78 Å². The lowest BCUT2D eigenvalue weighted by Gasteiger charge is -2.30. The lowest BCUT2D eigenvalue weighted by molar-refractivity contribution is 0.0251. The van der Waals surface area contributed by atoms with E-state index in [2.05, 4.69) is 0 Å². The highest BCUT2D eigenvalue weighted by Gasteiger charge is 2.48. The number of halogens is 2. The van der Waals surface area contributed by atoms with Gasteiger partial charge in [0.05, 0.1) is 5.56 Å². The Labute approximate surface area is 137 Å². The fraction of sp³-hybridized carbons (Fsp3) is 0.0500. The van der Waals surface area contributed by atoms with E-state index in [0.717, 1.165) is 0 Å². The van der Waals surface area contributed by atoms with Crippen LogP contribution in [-0.2, 0) is 10.3 Å². The average molecular weight is 322 g/mol. The van der Waals surface area contributed by atoms with E-state index in [-0.39, 0.29) is 11.6 Å². The Hall–Kier alpha value is -3.01. The van der Waals surface area contributed by atoms with Crippen molar-refractivity contribution in [1.29, 1.82) is 0 Å². The molecule has 1 aliphatic heterocycles. The van der Waals surface area contributed by atoms with Crippen LogP contribution in [0.5, 0.6) is 0 Å². The van der Waals surface area contributed by atoms with Gasteiger partial charge in [0.1, 0.15) is 11.6 Å². The zero-order valence-corrected chi connectivity index (χ0v) is 12.5. The Morgan fingerprint density at radius 3 is 1.75 bits per heavy atom. The fourth-order valence-electron chi connectivity index (χ4n) is 3.18. The summed E-state index contributed by atoms with van der Waals surface area (Å²) in [4.78, 5) is 12.4. The molecule has 4 rings (SSSR count). The molecule has 3 aromatic rings. The van der Waals surface area contributed by atoms with Crippen LogP contribution in [0, 0.1) is 11.6 Å². The van der Waals surface area contributed by atoms with Crippen LogP contribution in [0.3, 0.4) is 0 Å². The van der Waals surface area contributed by atoms with E-state index in [1.165, 1.54) is 24.3 Å². The number of rotatable bonds is 2. The highest BCUT2D eigenvalue weighted by Crippen LogP contribution is 2.46. The Bertz CT molecular complexity index is 870. The topological polar surface area (TPSA) is 26.3 Å². The zero-order valence-electron chi connectivity index (χ0n) is 12.5. The van der Waals surface area contributed by atoms with Crippen LogP contribution in [0.25, 0.3) is 0 Å². The van der Waals surface area contributed by atoms with Crippen LogP contribution in [-0.4, -0.2) is 5.97 Å². The van der Waals surface area contributed by atoms with Crippen molar-refractivity contribution in [2.45, 2.75) is 5.60 Å². The van der Waals surface area contributed by atoms with Gasteiger partial charge in [0.15, 0.2) is 5.60 Å². The highest BCUT2D eigenvalue weighted by molar-refractivity contribution is 5.96. The summed E-state index contributed by atoms with van der Waals surface area (Å²) < 4.78 is 32.5. The Balaban J connectivity index is 2.03. The van der Waals surface area contributed by atoms with Crippen molar-refractivity contribution < 1.29 is 18.3 Å². The molecule has 0 unspecified atom stereocenters. The normalized spacial score (nSPS) is 15.0. The minimum Gasteiger partial charge on any atom is -0.441 e. The van der Waals surface area contributed by atoms with E-state index in [9.17, 15) is 13.6 Å². The molecule has 0 radical (unpaired) electrons. The van der Waals surface area contributed by atoms with Gasteiger partial charge in [0.2, 0.25) is 0 Å². The lowest BCUT2D eigenvalue weighted by Crippen LogP contribution is -2.29. The van der Waals surface area contributed by atoms with E-state index in [1.807, 2.05) is 6.07 Å². The standard InChI is InChI=1S/C20H12F2O2/c21-15-9-5-13(6-10-15)20(14-7-11-16(22)12-8-14)18-4-2-1-3-17(18)19(23)24-20/h1-12H. The third-order valence-corrected chi connectivity index (χ3v) is 4.27. The van der Waals surface area contributed by atoms with E-state index in [0.29, 0.717) is 22.3 Å². The van der Waals surface area contributed by atoms with Gasteiger partial charge < -0.3 is 4.74 Å². The van der Waals surface area contributed by atoms with Gasteiger partial charge in [-0.1, -0.05) is 42.5 Å². The molecule has 118 valence electrons. The quantitative estimate of drug-likeness (QED) is 0.653. The molecule has 1 aliphatic rings. The van der Waals surface area contributed by atoms with Gasteiger partial charge in [-0.05, 0) is 30.3 Å². The Morgan fingerprint density at radius 2 is 1.21 bits per heavy atom. The van der Waals surface area contributed by atoms with Crippen molar-refractivity contribution in [3.05, 3.63) is 107 Å². The van der Waals surface area contributed by atoms with Gasteiger partial charge >= 0.3 is 5.97 Å². The smallest absolute Gasteiger partial charge is 0.340 e. The predicted octanol–water partition coefficient (Wildman–Crippen LogP) is 4.43. The first-order valence-electron chi connectivity index (χ1n) is 7.46. The number of hydrogen-bond donors (Lipinski definition) is 0. The summed E-state index contributed by atoms with van der Waals surface area (Å²) in [5.74, 6) is -1.23. The molecule has 0 aromatic heterocycles. The molecule has 4 heteroatoms. The average Bonchev–Trinajstić information content (AvgIpc) is 2.91.